The summed E-state index contributed by atoms with van der Waals surface area (Å²) >= 11 is 0.801. The maximum Gasteiger partial charge on any atom is 0.419 e. The Morgan fingerprint density at radius 2 is 1.67 bits per heavy atom. The Hall–Kier alpha value is -5.67. The molecule has 0 unspecified atom stereocenters. The van der Waals surface area contributed by atoms with E-state index in [1.54, 1.807) is 54.7 Å². The first-order valence-electron chi connectivity index (χ1n) is 17.7. The summed E-state index contributed by atoms with van der Waals surface area (Å²) in [5.41, 5.74) is 2.33. The quantitative estimate of drug-likeness (QED) is 0.168. The van der Waals surface area contributed by atoms with Crippen LogP contribution < -0.4 is 20.4 Å². The minimum atomic E-state index is -4.78. The molecule has 15 heteroatoms. The lowest BCUT2D eigenvalue weighted by Gasteiger charge is -2.53. The van der Waals surface area contributed by atoms with Crippen molar-refractivity contribution in [2.75, 3.05) is 53.3 Å². The van der Waals surface area contributed by atoms with Gasteiger partial charge in [0, 0.05) is 77.9 Å². The Balaban J connectivity index is 0.989. The van der Waals surface area contributed by atoms with E-state index in [4.69, 9.17) is 4.74 Å². The number of anilines is 4. The second-order valence-electron chi connectivity index (χ2n) is 14.0. The second kappa shape index (κ2) is 14.2. The first-order valence-corrected chi connectivity index (χ1v) is 18.5. The molecular weight excluding hydrogens is 737 g/mol. The lowest BCUT2D eigenvalue weighted by Crippen LogP contribution is -2.59. The van der Waals surface area contributed by atoms with E-state index >= 15 is 4.39 Å². The number of halogens is 4. The number of aryl methyl sites for hydroxylation is 1. The summed E-state index contributed by atoms with van der Waals surface area (Å²) in [6.45, 7) is 5.06. The fourth-order valence-corrected chi connectivity index (χ4v) is 8.61. The highest BCUT2D eigenvalue weighted by molar-refractivity contribution is 7.17. The summed E-state index contributed by atoms with van der Waals surface area (Å²) in [6.07, 6.45) is 0.0892. The number of amides is 3. The molecule has 6 heterocycles. The average molecular weight is 771 g/mol. The molecule has 0 radical (unpaired) electrons. The summed E-state index contributed by atoms with van der Waals surface area (Å²) in [5.74, 6) is -2.70. The highest BCUT2D eigenvalue weighted by Gasteiger charge is 2.45. The number of nitrogens with one attached hydrogen (secondary N) is 2. The van der Waals surface area contributed by atoms with Crippen molar-refractivity contribution in [3.63, 3.8) is 0 Å². The number of para-hydroxylation sites is 1. The predicted molar refractivity (Wildman–Crippen MR) is 200 cm³/mol. The summed E-state index contributed by atoms with van der Waals surface area (Å²) in [7, 11) is 0. The highest BCUT2D eigenvalue weighted by Crippen LogP contribution is 2.45. The topological polar surface area (TPSA) is 117 Å². The molecule has 0 saturated carbocycles. The van der Waals surface area contributed by atoms with E-state index in [9.17, 15) is 27.6 Å². The lowest BCUT2D eigenvalue weighted by atomic mass is 9.73. The van der Waals surface area contributed by atoms with Crippen molar-refractivity contribution in [3.8, 4) is 10.4 Å². The van der Waals surface area contributed by atoms with Gasteiger partial charge in [0.2, 0.25) is 0 Å². The molecule has 5 aromatic rings. The normalized spacial score (nSPS) is 16.1. The van der Waals surface area contributed by atoms with E-state index in [0.29, 0.717) is 38.8 Å². The SMILES string of the molecule is Cc1cnc(N2CC3(CCOCC3)C2)c(C(=O)Nc2ccc(C(=O)N3CCc4c(sc(C(=O)Nc5ncccc5C(F)(F)F)c4F)-c4ccccc43)cc2)c1. The Labute approximate surface area is 317 Å². The van der Waals surface area contributed by atoms with Crippen LogP contribution in [0.1, 0.15) is 59.9 Å². The van der Waals surface area contributed by atoms with E-state index < -0.39 is 34.2 Å². The molecule has 8 rings (SSSR count). The second-order valence-corrected chi connectivity index (χ2v) is 15.0. The third-order valence-corrected chi connectivity index (χ3v) is 11.5. The number of thiophene rings is 1. The zero-order chi connectivity index (χ0) is 38.5. The number of nitrogens with zero attached hydrogens (tertiary/aromatic N) is 4. The maximum absolute atomic E-state index is 16.0. The number of carbonyl (C=O) groups is 3. The van der Waals surface area contributed by atoms with Crippen molar-refractivity contribution < 1.29 is 36.7 Å². The van der Waals surface area contributed by atoms with Gasteiger partial charge in [-0.3, -0.25) is 14.4 Å². The first-order chi connectivity index (χ1) is 26.4. The molecular formula is C40H34F4N6O4S. The van der Waals surface area contributed by atoms with Gasteiger partial charge in [0.15, 0.2) is 5.82 Å². The number of pyridine rings is 2. The van der Waals surface area contributed by atoms with Gasteiger partial charge in [-0.1, -0.05) is 18.2 Å². The monoisotopic (exact) mass is 770 g/mol. The molecule has 3 aliphatic rings. The van der Waals surface area contributed by atoms with Gasteiger partial charge in [-0.25, -0.2) is 14.4 Å². The Morgan fingerprint density at radius 1 is 0.927 bits per heavy atom. The van der Waals surface area contributed by atoms with Gasteiger partial charge in [-0.15, -0.1) is 11.3 Å². The van der Waals surface area contributed by atoms with Crippen LogP contribution in [0.5, 0.6) is 0 Å². The molecule has 2 N–H and O–H groups in total. The number of alkyl halides is 3. The van der Waals surface area contributed by atoms with E-state index in [2.05, 4.69) is 25.5 Å². The van der Waals surface area contributed by atoms with Crippen molar-refractivity contribution in [2.24, 2.45) is 5.41 Å². The van der Waals surface area contributed by atoms with Crippen molar-refractivity contribution in [2.45, 2.75) is 32.4 Å². The molecule has 2 saturated heterocycles. The van der Waals surface area contributed by atoms with Crippen molar-refractivity contribution in [1.82, 2.24) is 9.97 Å². The molecule has 1 spiro atoms. The van der Waals surface area contributed by atoms with Crippen LogP contribution in [0.4, 0.5) is 40.6 Å². The third kappa shape index (κ3) is 6.93. The Morgan fingerprint density at radius 3 is 2.42 bits per heavy atom. The van der Waals surface area contributed by atoms with Crippen molar-refractivity contribution in [1.29, 1.82) is 0 Å². The molecule has 55 heavy (non-hydrogen) atoms. The average Bonchev–Trinajstić information content (AvgIpc) is 3.40. The van der Waals surface area contributed by atoms with Gasteiger partial charge in [-0.2, -0.15) is 13.2 Å². The van der Waals surface area contributed by atoms with E-state index in [0.717, 1.165) is 74.4 Å². The largest absolute Gasteiger partial charge is 0.419 e. The van der Waals surface area contributed by atoms with Crippen molar-refractivity contribution >= 4 is 52.1 Å². The number of fused-ring (bicyclic) bond motifs is 3. The molecule has 282 valence electrons. The highest BCUT2D eigenvalue weighted by atomic mass is 32.1. The summed E-state index contributed by atoms with van der Waals surface area (Å²) in [4.78, 5) is 52.7. The zero-order valence-corrected chi connectivity index (χ0v) is 30.3. The molecule has 2 aromatic carbocycles. The molecule has 2 fully saturated rings. The number of benzene rings is 2. The van der Waals surface area contributed by atoms with Crippen LogP contribution in [0.3, 0.4) is 0 Å². The Kier molecular flexibility index (Phi) is 9.37. The van der Waals surface area contributed by atoms with E-state index in [1.165, 1.54) is 4.90 Å². The minimum Gasteiger partial charge on any atom is -0.381 e. The first kappa shape index (κ1) is 36.3. The maximum atomic E-state index is 16.0. The number of aromatic nitrogens is 2. The fourth-order valence-electron chi connectivity index (χ4n) is 7.45. The van der Waals surface area contributed by atoms with Gasteiger partial charge < -0.3 is 25.2 Å². The number of hydrogen-bond donors (Lipinski definition) is 2. The van der Waals surface area contributed by atoms with Gasteiger partial charge in [0.05, 0.1) is 16.8 Å². The van der Waals surface area contributed by atoms with Gasteiger partial charge in [-0.05, 0) is 80.3 Å². The van der Waals surface area contributed by atoms with Crippen LogP contribution in [0, 0.1) is 18.2 Å². The molecule has 10 nitrogen and oxygen atoms in total. The van der Waals surface area contributed by atoms with Crippen LogP contribution in [0.25, 0.3) is 10.4 Å². The van der Waals surface area contributed by atoms with Crippen molar-refractivity contribution in [3.05, 3.63) is 118 Å². The zero-order valence-electron chi connectivity index (χ0n) is 29.5. The lowest BCUT2D eigenvalue weighted by molar-refractivity contribution is -0.137. The Bertz CT molecular complexity index is 2320. The van der Waals surface area contributed by atoms with Crippen LogP contribution in [0.2, 0.25) is 0 Å². The molecule has 3 aliphatic heterocycles. The number of ether oxygens (including phenoxy) is 1. The molecule has 3 amide bonds. The van der Waals surface area contributed by atoms with E-state index in [1.807, 2.05) is 13.0 Å². The van der Waals surface area contributed by atoms with Crippen LogP contribution >= 0.6 is 11.3 Å². The van der Waals surface area contributed by atoms with Gasteiger partial charge >= 0.3 is 6.18 Å². The van der Waals surface area contributed by atoms with Crippen LogP contribution in [-0.2, 0) is 17.3 Å². The third-order valence-electron chi connectivity index (χ3n) is 10.3. The number of carbonyl (C=O) groups excluding carboxylic acids is 3. The summed E-state index contributed by atoms with van der Waals surface area (Å²) < 4.78 is 62.1. The van der Waals surface area contributed by atoms with Crippen LogP contribution in [0.15, 0.2) is 79.1 Å². The van der Waals surface area contributed by atoms with E-state index in [-0.39, 0.29) is 35.8 Å². The fraction of sp³-hybridized carbons (Fsp3) is 0.275. The molecule has 0 atom stereocenters. The molecule has 0 bridgehead atoms. The minimum absolute atomic E-state index is 0.0374. The summed E-state index contributed by atoms with van der Waals surface area (Å²) in [5, 5.41) is 5.07. The van der Waals surface area contributed by atoms with Crippen LogP contribution in [-0.4, -0.2) is 60.5 Å². The molecule has 0 aliphatic carbocycles. The standard InChI is InChI=1S/C40H34F4N6O4S/c1-23-19-28(35(46-20-23)49-21-39(22-49)13-17-54-18-14-39)36(51)47-25-10-8-24(9-11-25)38(53)50-16-12-27-31(41)33(55-32(27)26-5-2-3-7-30(26)50)37(52)48-34-29(40(42,43)44)6-4-15-45-34/h2-11,15,19-20H,12-14,16-18,21-22H2,1H3,(H,47,51)(H,45,48,52). The smallest absolute Gasteiger partial charge is 0.381 e. The van der Waals surface area contributed by atoms with Gasteiger partial charge in [0.25, 0.3) is 17.7 Å². The van der Waals surface area contributed by atoms with Gasteiger partial charge in [0.1, 0.15) is 16.5 Å². The molecule has 3 aromatic heterocycles. The summed E-state index contributed by atoms with van der Waals surface area (Å²) in [6, 6.07) is 17.1. The number of rotatable bonds is 6. The predicted octanol–water partition coefficient (Wildman–Crippen LogP) is 8.00. The number of hydrogen-bond acceptors (Lipinski definition) is 8.